The summed E-state index contributed by atoms with van der Waals surface area (Å²) >= 11 is 0. The van der Waals surface area contributed by atoms with Gasteiger partial charge in [-0.15, -0.1) is 0 Å². The Bertz CT molecular complexity index is 444. The Labute approximate surface area is 119 Å². The molecule has 0 aliphatic carbocycles. The normalized spacial score (nSPS) is 18.1. The molecule has 1 aliphatic rings. The number of carboxylic acids is 1. The van der Waals surface area contributed by atoms with Gasteiger partial charge in [-0.05, 0) is 37.8 Å². The second-order valence-electron chi connectivity index (χ2n) is 5.15. The quantitative estimate of drug-likeness (QED) is 0.747. The molecule has 0 amide bonds. The number of aliphatic carboxylic acids is 1. The summed E-state index contributed by atoms with van der Waals surface area (Å²) in [5, 5.41) is 9.04. The highest BCUT2D eigenvalue weighted by Crippen LogP contribution is 2.23. The Morgan fingerprint density at radius 2 is 2.25 bits per heavy atom. The molecule has 1 aromatic rings. The van der Waals surface area contributed by atoms with Gasteiger partial charge < -0.3 is 20.5 Å². The molecule has 0 saturated carbocycles. The lowest BCUT2D eigenvalue weighted by molar-refractivity contribution is -0.135. The molecule has 1 saturated heterocycles. The summed E-state index contributed by atoms with van der Waals surface area (Å²) in [7, 11) is 0. The molecule has 0 radical (unpaired) electrons. The van der Waals surface area contributed by atoms with Crippen molar-refractivity contribution in [3.63, 3.8) is 0 Å². The highest BCUT2D eigenvalue weighted by molar-refractivity contribution is 5.77. The van der Waals surface area contributed by atoms with E-state index in [0.29, 0.717) is 18.3 Å². The summed E-state index contributed by atoms with van der Waals surface area (Å²) in [6.45, 7) is 1.51. The maximum atomic E-state index is 11.0. The first-order valence-electron chi connectivity index (χ1n) is 7.09. The molecule has 5 heteroatoms. The summed E-state index contributed by atoms with van der Waals surface area (Å²) in [5.74, 6) is -0.842. The zero-order valence-electron chi connectivity index (χ0n) is 11.6. The van der Waals surface area contributed by atoms with Crippen LogP contribution in [0.5, 0.6) is 0 Å². The van der Waals surface area contributed by atoms with Crippen molar-refractivity contribution < 1.29 is 14.6 Å². The highest BCUT2D eigenvalue weighted by atomic mass is 16.5. The number of nitrogen functional groups attached to an aromatic ring is 1. The fourth-order valence-corrected chi connectivity index (χ4v) is 2.61. The van der Waals surface area contributed by atoms with Crippen molar-refractivity contribution in [1.82, 2.24) is 0 Å². The number of carboxylic acid groups (broad SMARTS) is 1. The van der Waals surface area contributed by atoms with Crippen LogP contribution in [0, 0.1) is 0 Å². The van der Waals surface area contributed by atoms with Crippen LogP contribution in [0.15, 0.2) is 24.3 Å². The Hall–Kier alpha value is -1.75. The molecule has 1 aliphatic heterocycles. The number of para-hydroxylation sites is 2. The van der Waals surface area contributed by atoms with E-state index in [1.165, 1.54) is 0 Å². The van der Waals surface area contributed by atoms with Gasteiger partial charge in [0.05, 0.1) is 17.5 Å². The molecule has 2 rings (SSSR count). The van der Waals surface area contributed by atoms with Crippen molar-refractivity contribution in [1.29, 1.82) is 0 Å². The van der Waals surface area contributed by atoms with E-state index in [1.54, 1.807) is 6.07 Å². The Kier molecular flexibility index (Phi) is 5.24. The smallest absolute Gasteiger partial charge is 0.323 e. The predicted molar refractivity (Wildman–Crippen MR) is 78.9 cm³/mol. The minimum Gasteiger partial charge on any atom is -0.480 e. The number of nitrogens with two attached hydrogens (primary N) is 1. The van der Waals surface area contributed by atoms with Gasteiger partial charge in [0.1, 0.15) is 6.54 Å². The van der Waals surface area contributed by atoms with Gasteiger partial charge in [0.15, 0.2) is 0 Å². The third-order valence-electron chi connectivity index (χ3n) is 3.58. The van der Waals surface area contributed by atoms with E-state index in [1.807, 2.05) is 23.1 Å². The van der Waals surface area contributed by atoms with Crippen molar-refractivity contribution in [2.75, 3.05) is 30.3 Å². The first kappa shape index (κ1) is 14.7. The van der Waals surface area contributed by atoms with Crippen LogP contribution in [0.25, 0.3) is 0 Å². The number of hydrogen-bond donors (Lipinski definition) is 2. The van der Waals surface area contributed by atoms with Crippen molar-refractivity contribution in [3.05, 3.63) is 24.3 Å². The number of hydrogen-bond acceptors (Lipinski definition) is 4. The van der Waals surface area contributed by atoms with Crippen LogP contribution < -0.4 is 10.6 Å². The Balaban J connectivity index is 1.93. The van der Waals surface area contributed by atoms with Gasteiger partial charge in [0.2, 0.25) is 0 Å². The maximum absolute atomic E-state index is 11.0. The SMILES string of the molecule is Nc1ccccc1N(CCCC1CCCO1)CC(=O)O. The Morgan fingerprint density at radius 3 is 2.90 bits per heavy atom. The molecule has 1 fully saturated rings. The average Bonchev–Trinajstić information content (AvgIpc) is 2.91. The van der Waals surface area contributed by atoms with Gasteiger partial charge in [-0.3, -0.25) is 4.79 Å². The maximum Gasteiger partial charge on any atom is 0.323 e. The minimum atomic E-state index is -0.842. The van der Waals surface area contributed by atoms with Gasteiger partial charge in [-0.25, -0.2) is 0 Å². The summed E-state index contributed by atoms with van der Waals surface area (Å²) < 4.78 is 5.59. The zero-order chi connectivity index (χ0) is 14.4. The molecule has 0 spiro atoms. The fourth-order valence-electron chi connectivity index (χ4n) is 2.61. The van der Waals surface area contributed by atoms with Gasteiger partial charge in [0, 0.05) is 13.2 Å². The molecule has 1 unspecified atom stereocenters. The van der Waals surface area contributed by atoms with Gasteiger partial charge in [0.25, 0.3) is 0 Å². The fraction of sp³-hybridized carbons (Fsp3) is 0.533. The number of rotatable bonds is 7. The molecule has 20 heavy (non-hydrogen) atoms. The first-order chi connectivity index (χ1) is 9.66. The van der Waals surface area contributed by atoms with Gasteiger partial charge >= 0.3 is 5.97 Å². The monoisotopic (exact) mass is 278 g/mol. The van der Waals surface area contributed by atoms with E-state index in [4.69, 9.17) is 15.6 Å². The summed E-state index contributed by atoms with van der Waals surface area (Å²) in [4.78, 5) is 12.8. The lowest BCUT2D eigenvalue weighted by Gasteiger charge is -2.24. The van der Waals surface area contributed by atoms with Crippen molar-refractivity contribution in [2.24, 2.45) is 0 Å². The largest absolute Gasteiger partial charge is 0.480 e. The molecular formula is C15H22N2O3. The molecular weight excluding hydrogens is 256 g/mol. The number of ether oxygens (including phenoxy) is 1. The number of anilines is 2. The van der Waals surface area contributed by atoms with E-state index in [0.717, 1.165) is 38.0 Å². The molecule has 1 aromatic carbocycles. The third kappa shape index (κ3) is 4.13. The molecule has 0 aromatic heterocycles. The standard InChI is InChI=1S/C15H22N2O3/c16-13-7-1-2-8-14(13)17(11-15(18)19)9-3-5-12-6-4-10-20-12/h1-2,7-8,12H,3-6,9-11,16H2,(H,18,19). The van der Waals surface area contributed by atoms with Crippen molar-refractivity contribution >= 4 is 17.3 Å². The van der Waals surface area contributed by atoms with Crippen LogP contribution in [-0.4, -0.2) is 36.9 Å². The van der Waals surface area contributed by atoms with E-state index in [9.17, 15) is 4.79 Å². The predicted octanol–water partition coefficient (Wildman–Crippen LogP) is 2.12. The number of benzene rings is 1. The average molecular weight is 278 g/mol. The van der Waals surface area contributed by atoms with Crippen LogP contribution >= 0.6 is 0 Å². The second kappa shape index (κ2) is 7.14. The van der Waals surface area contributed by atoms with Gasteiger partial charge in [-0.1, -0.05) is 12.1 Å². The van der Waals surface area contributed by atoms with Crippen LogP contribution in [0.3, 0.4) is 0 Å². The van der Waals surface area contributed by atoms with Crippen LogP contribution in [0.4, 0.5) is 11.4 Å². The van der Waals surface area contributed by atoms with E-state index in [-0.39, 0.29) is 6.54 Å². The zero-order valence-corrected chi connectivity index (χ0v) is 11.6. The van der Waals surface area contributed by atoms with E-state index in [2.05, 4.69) is 0 Å². The lowest BCUT2D eigenvalue weighted by Crippen LogP contribution is -2.31. The number of nitrogens with zero attached hydrogens (tertiary/aromatic N) is 1. The molecule has 1 atom stereocenters. The molecule has 5 nitrogen and oxygen atoms in total. The minimum absolute atomic E-state index is 0.0280. The van der Waals surface area contributed by atoms with Crippen molar-refractivity contribution in [3.8, 4) is 0 Å². The van der Waals surface area contributed by atoms with Gasteiger partial charge in [-0.2, -0.15) is 0 Å². The molecule has 1 heterocycles. The summed E-state index contributed by atoms with van der Waals surface area (Å²) in [6.07, 6.45) is 4.48. The van der Waals surface area contributed by atoms with Crippen LogP contribution in [-0.2, 0) is 9.53 Å². The molecule has 3 N–H and O–H groups in total. The Morgan fingerprint density at radius 1 is 1.45 bits per heavy atom. The molecule has 0 bridgehead atoms. The summed E-state index contributed by atoms with van der Waals surface area (Å²) in [5.41, 5.74) is 7.34. The van der Waals surface area contributed by atoms with E-state index < -0.39 is 5.97 Å². The summed E-state index contributed by atoms with van der Waals surface area (Å²) in [6, 6.07) is 7.39. The lowest BCUT2D eigenvalue weighted by atomic mass is 10.1. The molecule has 110 valence electrons. The highest BCUT2D eigenvalue weighted by Gasteiger charge is 2.17. The topological polar surface area (TPSA) is 75.8 Å². The second-order valence-corrected chi connectivity index (χ2v) is 5.15. The third-order valence-corrected chi connectivity index (χ3v) is 3.58. The van der Waals surface area contributed by atoms with Crippen LogP contribution in [0.1, 0.15) is 25.7 Å². The van der Waals surface area contributed by atoms with Crippen LogP contribution in [0.2, 0.25) is 0 Å². The van der Waals surface area contributed by atoms with E-state index >= 15 is 0 Å². The first-order valence-corrected chi connectivity index (χ1v) is 7.09. The van der Waals surface area contributed by atoms with Crippen molar-refractivity contribution in [2.45, 2.75) is 31.8 Å². The number of carbonyl (C=O) groups is 1.